The van der Waals surface area contributed by atoms with Gasteiger partial charge in [-0.1, -0.05) is 17.7 Å². The molecular formula is C16H26O8. The highest BCUT2D eigenvalue weighted by Crippen LogP contribution is 2.22. The number of hydrogen-bond acceptors (Lipinski definition) is 7. The minimum absolute atomic E-state index is 0.107. The van der Waals surface area contributed by atoms with Crippen LogP contribution in [0, 0.1) is 0 Å². The molecule has 0 aromatic heterocycles. The van der Waals surface area contributed by atoms with Crippen molar-refractivity contribution in [1.29, 1.82) is 0 Å². The molecule has 0 saturated carbocycles. The van der Waals surface area contributed by atoms with E-state index in [2.05, 4.69) is 0 Å². The second kappa shape index (κ2) is 9.87. The number of aliphatic carboxylic acids is 1. The number of ether oxygens (including phenoxy) is 2. The summed E-state index contributed by atoms with van der Waals surface area (Å²) < 4.78 is 10.6. The fourth-order valence-corrected chi connectivity index (χ4v) is 2.20. The van der Waals surface area contributed by atoms with E-state index in [4.69, 9.17) is 19.7 Å². The van der Waals surface area contributed by atoms with Crippen LogP contribution >= 0.6 is 0 Å². The minimum atomic E-state index is -1.46. The molecule has 5 N–H and O–H groups in total. The number of carboxylic acids is 1. The minimum Gasteiger partial charge on any atom is -0.478 e. The Balaban J connectivity index is 2.44. The average molecular weight is 346 g/mol. The first-order valence-electron chi connectivity index (χ1n) is 7.75. The lowest BCUT2D eigenvalue weighted by atomic mass is 9.99. The molecule has 1 aliphatic heterocycles. The van der Waals surface area contributed by atoms with E-state index < -0.39 is 43.3 Å². The van der Waals surface area contributed by atoms with Gasteiger partial charge in [-0.15, -0.1) is 0 Å². The van der Waals surface area contributed by atoms with Crippen LogP contribution in [-0.2, 0) is 14.3 Å². The van der Waals surface area contributed by atoms with Crippen LogP contribution in [0.4, 0.5) is 0 Å². The van der Waals surface area contributed by atoms with Crippen LogP contribution in [0.1, 0.15) is 26.7 Å². The Hall–Kier alpha value is -1.29. The Morgan fingerprint density at radius 1 is 1.12 bits per heavy atom. The summed E-state index contributed by atoms with van der Waals surface area (Å²) in [5, 5.41) is 47.0. The zero-order valence-corrected chi connectivity index (χ0v) is 13.8. The van der Waals surface area contributed by atoms with Crippen molar-refractivity contribution in [3.8, 4) is 0 Å². The normalized spacial score (nSPS) is 32.0. The molecule has 1 aliphatic rings. The number of aliphatic hydroxyl groups is 4. The molecule has 1 saturated heterocycles. The molecule has 0 aliphatic carbocycles. The quantitative estimate of drug-likeness (QED) is 0.295. The van der Waals surface area contributed by atoms with E-state index in [1.54, 1.807) is 12.2 Å². The molecule has 0 radical (unpaired) electrons. The summed E-state index contributed by atoms with van der Waals surface area (Å²) >= 11 is 0. The summed E-state index contributed by atoms with van der Waals surface area (Å²) in [6, 6.07) is 0. The summed E-state index contributed by atoms with van der Waals surface area (Å²) in [5.74, 6) is -0.942. The third-order valence-corrected chi connectivity index (χ3v) is 3.87. The molecule has 0 spiro atoms. The van der Waals surface area contributed by atoms with Crippen molar-refractivity contribution in [3.63, 3.8) is 0 Å². The molecule has 0 amide bonds. The predicted octanol–water partition coefficient (Wildman–Crippen LogP) is -0.440. The van der Waals surface area contributed by atoms with Gasteiger partial charge in [0.15, 0.2) is 6.29 Å². The average Bonchev–Trinajstić information content (AvgIpc) is 2.54. The van der Waals surface area contributed by atoms with Crippen LogP contribution < -0.4 is 0 Å². The lowest BCUT2D eigenvalue weighted by Crippen LogP contribution is -2.59. The highest BCUT2D eigenvalue weighted by atomic mass is 16.7. The molecule has 1 heterocycles. The zero-order valence-electron chi connectivity index (χ0n) is 13.8. The third-order valence-electron chi connectivity index (χ3n) is 3.87. The van der Waals surface area contributed by atoms with Gasteiger partial charge in [0.25, 0.3) is 0 Å². The van der Waals surface area contributed by atoms with E-state index in [9.17, 15) is 20.1 Å². The first kappa shape index (κ1) is 20.8. The lowest BCUT2D eigenvalue weighted by Gasteiger charge is -2.39. The van der Waals surface area contributed by atoms with Crippen LogP contribution in [-0.4, -0.2) is 75.4 Å². The van der Waals surface area contributed by atoms with Crippen LogP contribution in [0.3, 0.4) is 0 Å². The molecule has 0 aromatic carbocycles. The summed E-state index contributed by atoms with van der Waals surface area (Å²) in [6.45, 7) is 3.00. The number of allylic oxidation sites excluding steroid dienone is 2. The summed E-state index contributed by atoms with van der Waals surface area (Å²) in [4.78, 5) is 10.7. The third kappa shape index (κ3) is 5.97. The Morgan fingerprint density at radius 2 is 1.79 bits per heavy atom. The maximum Gasteiger partial charge on any atom is 0.330 e. The van der Waals surface area contributed by atoms with Gasteiger partial charge in [-0.05, 0) is 26.7 Å². The van der Waals surface area contributed by atoms with Crippen molar-refractivity contribution in [1.82, 2.24) is 0 Å². The van der Waals surface area contributed by atoms with Crippen LogP contribution in [0.25, 0.3) is 0 Å². The van der Waals surface area contributed by atoms with Crippen molar-refractivity contribution >= 4 is 5.97 Å². The van der Waals surface area contributed by atoms with Crippen LogP contribution in [0.5, 0.6) is 0 Å². The molecule has 1 rings (SSSR count). The Morgan fingerprint density at radius 3 is 2.38 bits per heavy atom. The van der Waals surface area contributed by atoms with E-state index in [1.807, 2.05) is 6.92 Å². The van der Waals surface area contributed by atoms with Crippen molar-refractivity contribution in [2.45, 2.75) is 57.4 Å². The van der Waals surface area contributed by atoms with E-state index >= 15 is 0 Å². The maximum absolute atomic E-state index is 10.7. The maximum atomic E-state index is 10.7. The van der Waals surface area contributed by atoms with E-state index in [1.165, 1.54) is 6.92 Å². The van der Waals surface area contributed by atoms with Crippen LogP contribution in [0.15, 0.2) is 23.3 Å². The molecule has 8 nitrogen and oxygen atoms in total. The number of hydrogen-bond donors (Lipinski definition) is 5. The van der Waals surface area contributed by atoms with Crippen molar-refractivity contribution in [2.24, 2.45) is 0 Å². The topological polar surface area (TPSA) is 137 Å². The van der Waals surface area contributed by atoms with Gasteiger partial charge in [0, 0.05) is 5.57 Å². The Labute approximate surface area is 140 Å². The van der Waals surface area contributed by atoms with Crippen molar-refractivity contribution in [3.05, 3.63) is 23.3 Å². The Bertz CT molecular complexity index is 471. The molecule has 1 fully saturated rings. The second-order valence-corrected chi connectivity index (χ2v) is 5.81. The van der Waals surface area contributed by atoms with Crippen LogP contribution in [0.2, 0.25) is 0 Å². The fraction of sp³-hybridized carbons (Fsp3) is 0.688. The zero-order chi connectivity index (χ0) is 18.3. The van der Waals surface area contributed by atoms with Gasteiger partial charge >= 0.3 is 5.97 Å². The molecule has 24 heavy (non-hydrogen) atoms. The first-order valence-corrected chi connectivity index (χ1v) is 7.75. The molecule has 5 atom stereocenters. The lowest BCUT2D eigenvalue weighted by molar-refractivity contribution is -0.298. The molecule has 8 heteroatoms. The van der Waals surface area contributed by atoms with Gasteiger partial charge in [0.1, 0.15) is 24.4 Å². The van der Waals surface area contributed by atoms with Gasteiger partial charge in [-0.25, -0.2) is 4.79 Å². The van der Waals surface area contributed by atoms with E-state index in [0.717, 1.165) is 5.57 Å². The van der Waals surface area contributed by atoms with E-state index in [0.29, 0.717) is 18.4 Å². The van der Waals surface area contributed by atoms with Gasteiger partial charge in [-0.2, -0.15) is 0 Å². The molecule has 0 unspecified atom stereocenters. The predicted molar refractivity (Wildman–Crippen MR) is 84.1 cm³/mol. The van der Waals surface area contributed by atoms with E-state index in [-0.39, 0.29) is 6.61 Å². The fourth-order valence-electron chi connectivity index (χ4n) is 2.20. The highest BCUT2D eigenvalue weighted by Gasteiger charge is 2.43. The summed E-state index contributed by atoms with van der Waals surface area (Å²) in [5.41, 5.74) is 1.26. The van der Waals surface area contributed by atoms with Crippen molar-refractivity contribution in [2.75, 3.05) is 13.2 Å². The number of rotatable bonds is 8. The SMILES string of the molecule is C/C(=C\CO[C@@H]1O[C@H](CO)[C@@H](O)[C@H](O)[C@H]1O)CC/C=C(\C)C(=O)O. The molecular weight excluding hydrogens is 320 g/mol. The first-order chi connectivity index (χ1) is 11.3. The standard InChI is InChI=1S/C16H26O8/c1-9(4-3-5-10(2)15(21)22)6-7-23-16-14(20)13(19)12(18)11(8-17)24-16/h5-6,11-14,16-20H,3-4,7-8H2,1-2H3,(H,21,22)/b9-6+,10-5+/t11-,12-,13+,14-,16-/m1/s1. The monoisotopic (exact) mass is 346 g/mol. The molecule has 0 aromatic rings. The number of carbonyl (C=O) groups is 1. The van der Waals surface area contributed by atoms with Gasteiger partial charge in [0.2, 0.25) is 0 Å². The molecule has 0 bridgehead atoms. The largest absolute Gasteiger partial charge is 0.478 e. The van der Waals surface area contributed by atoms with Crippen molar-refractivity contribution < 1.29 is 39.8 Å². The highest BCUT2D eigenvalue weighted by molar-refractivity contribution is 5.85. The van der Waals surface area contributed by atoms with Gasteiger partial charge in [0.05, 0.1) is 13.2 Å². The molecule has 138 valence electrons. The number of carboxylic acid groups (broad SMARTS) is 1. The summed E-state index contributed by atoms with van der Waals surface area (Å²) in [7, 11) is 0. The Kier molecular flexibility index (Phi) is 8.54. The smallest absolute Gasteiger partial charge is 0.330 e. The number of aliphatic hydroxyl groups excluding tert-OH is 4. The van der Waals surface area contributed by atoms with Gasteiger partial charge in [-0.3, -0.25) is 0 Å². The van der Waals surface area contributed by atoms with Gasteiger partial charge < -0.3 is 35.0 Å². The summed E-state index contributed by atoms with van der Waals surface area (Å²) in [6.07, 6.45) is -1.81. The second-order valence-electron chi connectivity index (χ2n) is 5.81.